The van der Waals surface area contributed by atoms with Crippen molar-refractivity contribution in [1.82, 2.24) is 5.43 Å². The van der Waals surface area contributed by atoms with Crippen molar-refractivity contribution in [2.24, 2.45) is 15.3 Å². The van der Waals surface area contributed by atoms with Crippen molar-refractivity contribution in [3.05, 3.63) is 157 Å². The molecule has 5 aromatic rings. The SMILES string of the molecule is c1ccc(N2C[N+](c3ccccc3)=NC(c3ccc(C4=NN(c5ccccc5)CN(c5ccccc5)N4)cc3)=N2)cc1. The molecule has 0 spiro atoms. The number of nitrogens with zero attached hydrogens (tertiary/aromatic N) is 7. The third-order valence-electron chi connectivity index (χ3n) is 7.08. The van der Waals surface area contributed by atoms with Gasteiger partial charge in [-0.15, -0.1) is 5.10 Å². The van der Waals surface area contributed by atoms with Crippen LogP contribution in [0.1, 0.15) is 11.1 Å². The predicted octanol–water partition coefficient (Wildman–Crippen LogP) is 6.77. The molecule has 0 fully saturated rings. The summed E-state index contributed by atoms with van der Waals surface area (Å²) in [6, 6.07) is 49.0. The summed E-state index contributed by atoms with van der Waals surface area (Å²) in [6.07, 6.45) is 0. The van der Waals surface area contributed by atoms with E-state index in [-0.39, 0.29) is 0 Å². The zero-order valence-electron chi connectivity index (χ0n) is 22.9. The predicted molar refractivity (Wildman–Crippen MR) is 168 cm³/mol. The van der Waals surface area contributed by atoms with E-state index in [1.807, 2.05) is 99.6 Å². The molecular formula is C34H29N8+. The highest BCUT2D eigenvalue weighted by Gasteiger charge is 2.26. The van der Waals surface area contributed by atoms with Gasteiger partial charge in [0.05, 0.1) is 17.1 Å². The molecule has 0 aliphatic carbocycles. The topological polar surface area (TPSA) is 61.8 Å². The van der Waals surface area contributed by atoms with Gasteiger partial charge >= 0.3 is 0 Å². The van der Waals surface area contributed by atoms with Crippen LogP contribution >= 0.6 is 0 Å². The number of nitrogens with one attached hydrogen (secondary N) is 1. The number of azo groups is 2. The summed E-state index contributed by atoms with van der Waals surface area (Å²) < 4.78 is 1.98. The fourth-order valence-electron chi connectivity index (χ4n) is 4.90. The van der Waals surface area contributed by atoms with Gasteiger partial charge in [-0.05, 0) is 36.4 Å². The Morgan fingerprint density at radius 1 is 0.524 bits per heavy atom. The molecule has 1 N–H and O–H groups in total. The average molecular weight is 550 g/mol. The maximum atomic E-state index is 4.97. The fraction of sp³-hybridized carbons (Fsp3) is 0.0588. The molecular weight excluding hydrogens is 520 g/mol. The molecule has 42 heavy (non-hydrogen) atoms. The zero-order chi connectivity index (χ0) is 28.1. The van der Waals surface area contributed by atoms with Gasteiger partial charge in [0.1, 0.15) is 6.67 Å². The van der Waals surface area contributed by atoms with E-state index in [2.05, 4.69) is 71.1 Å². The summed E-state index contributed by atoms with van der Waals surface area (Å²) in [6.45, 7) is 1.08. The minimum absolute atomic E-state index is 0.515. The lowest BCUT2D eigenvalue weighted by Crippen LogP contribution is -2.53. The van der Waals surface area contributed by atoms with Crippen LogP contribution in [0.15, 0.2) is 161 Å². The smallest absolute Gasteiger partial charge is 0.269 e. The highest BCUT2D eigenvalue weighted by molar-refractivity contribution is 6.03. The minimum Gasteiger partial charge on any atom is -0.278 e. The lowest BCUT2D eigenvalue weighted by Gasteiger charge is -2.36. The van der Waals surface area contributed by atoms with Gasteiger partial charge in [-0.25, -0.2) is 10.0 Å². The summed E-state index contributed by atoms with van der Waals surface area (Å²) >= 11 is 0. The minimum atomic E-state index is 0.515. The second-order valence-corrected chi connectivity index (χ2v) is 9.91. The number of para-hydroxylation sites is 4. The highest BCUT2D eigenvalue weighted by atomic mass is 15.7. The Morgan fingerprint density at radius 3 is 1.67 bits per heavy atom. The van der Waals surface area contributed by atoms with Crippen molar-refractivity contribution in [2.75, 3.05) is 28.4 Å². The number of hydrazone groups is 2. The summed E-state index contributed by atoms with van der Waals surface area (Å²) in [5.74, 6) is 1.38. The Morgan fingerprint density at radius 2 is 1.05 bits per heavy atom. The lowest BCUT2D eigenvalue weighted by molar-refractivity contribution is -0.508. The van der Waals surface area contributed by atoms with Gasteiger partial charge in [0, 0.05) is 28.4 Å². The van der Waals surface area contributed by atoms with Gasteiger partial charge in [0.2, 0.25) is 11.5 Å². The van der Waals surface area contributed by atoms with Crippen LogP contribution in [0.5, 0.6) is 0 Å². The van der Waals surface area contributed by atoms with Gasteiger partial charge in [-0.2, -0.15) is 5.10 Å². The first-order valence-corrected chi connectivity index (χ1v) is 13.9. The molecule has 7 rings (SSSR count). The van der Waals surface area contributed by atoms with Gasteiger partial charge in [0.15, 0.2) is 5.84 Å². The van der Waals surface area contributed by atoms with Crippen molar-refractivity contribution in [1.29, 1.82) is 0 Å². The number of anilines is 3. The van der Waals surface area contributed by atoms with E-state index in [4.69, 9.17) is 15.3 Å². The average Bonchev–Trinajstić information content (AvgIpc) is 3.09. The molecule has 204 valence electrons. The molecule has 0 bridgehead atoms. The summed E-state index contributed by atoms with van der Waals surface area (Å²) in [5.41, 5.74) is 9.47. The standard InChI is InChI=1S/C34H29N8/c1-5-13-29(14-6-1)39-25-40(30-15-7-2-8-16-30)36-33(35-39)27-21-23-28(24-22-27)34-37-41(31-17-9-3-10-18-31)26-42(38-34)32-19-11-4-12-20-32/h1-24H,25-26H2,(H,35,36)/q+1. The Hall–Kier alpha value is -5.76. The van der Waals surface area contributed by atoms with Gasteiger partial charge in [0.25, 0.3) is 6.67 Å². The largest absolute Gasteiger partial charge is 0.278 e. The Bertz CT molecular complexity index is 1740. The molecule has 0 atom stereocenters. The molecule has 0 radical (unpaired) electrons. The number of hydrazine groups is 1. The molecule has 8 heteroatoms. The van der Waals surface area contributed by atoms with Crippen molar-refractivity contribution < 1.29 is 4.70 Å². The highest BCUT2D eigenvalue weighted by Crippen LogP contribution is 2.24. The molecule has 0 unspecified atom stereocenters. The van der Waals surface area contributed by atoms with Crippen molar-refractivity contribution >= 4 is 34.4 Å². The Balaban J connectivity index is 1.22. The number of benzene rings is 5. The van der Waals surface area contributed by atoms with E-state index in [1.165, 1.54) is 0 Å². The molecule has 0 aromatic heterocycles. The van der Waals surface area contributed by atoms with Crippen LogP contribution in [0.25, 0.3) is 0 Å². The first kappa shape index (κ1) is 25.2. The number of rotatable bonds is 6. The van der Waals surface area contributed by atoms with Crippen molar-refractivity contribution in [2.45, 2.75) is 0 Å². The third-order valence-corrected chi connectivity index (χ3v) is 7.08. The van der Waals surface area contributed by atoms with Crippen LogP contribution in [0.4, 0.5) is 22.7 Å². The van der Waals surface area contributed by atoms with Crippen LogP contribution < -0.4 is 20.5 Å². The molecule has 8 nitrogen and oxygen atoms in total. The van der Waals surface area contributed by atoms with Gasteiger partial charge in [-0.1, -0.05) is 102 Å². The maximum absolute atomic E-state index is 4.97. The quantitative estimate of drug-likeness (QED) is 0.238. The monoisotopic (exact) mass is 549 g/mol. The lowest BCUT2D eigenvalue weighted by atomic mass is 10.1. The van der Waals surface area contributed by atoms with E-state index in [0.29, 0.717) is 19.2 Å². The van der Waals surface area contributed by atoms with E-state index < -0.39 is 0 Å². The summed E-state index contributed by atoms with van der Waals surface area (Å²) in [5, 5.41) is 20.9. The van der Waals surface area contributed by atoms with E-state index in [1.54, 1.807) is 0 Å². The number of hydrogen-bond donors (Lipinski definition) is 1. The van der Waals surface area contributed by atoms with Crippen molar-refractivity contribution in [3.63, 3.8) is 0 Å². The van der Waals surface area contributed by atoms with Crippen LogP contribution in [-0.2, 0) is 0 Å². The second-order valence-electron chi connectivity index (χ2n) is 9.91. The summed E-state index contributed by atoms with van der Waals surface area (Å²) in [7, 11) is 0. The first-order chi connectivity index (χ1) is 20.8. The van der Waals surface area contributed by atoms with Crippen molar-refractivity contribution in [3.8, 4) is 0 Å². The molecule has 0 amide bonds. The van der Waals surface area contributed by atoms with Crippen LogP contribution in [0.2, 0.25) is 0 Å². The number of hydrogen-bond acceptors (Lipinski definition) is 7. The molecule has 2 aliphatic heterocycles. The van der Waals surface area contributed by atoms with E-state index >= 15 is 0 Å². The van der Waals surface area contributed by atoms with Gasteiger partial charge in [-0.3, -0.25) is 10.4 Å². The van der Waals surface area contributed by atoms with Crippen LogP contribution in [0.3, 0.4) is 0 Å². The van der Waals surface area contributed by atoms with E-state index in [9.17, 15) is 0 Å². The number of amidine groups is 2. The van der Waals surface area contributed by atoms with E-state index in [0.717, 1.165) is 39.7 Å². The molecule has 0 saturated carbocycles. The normalized spacial score (nSPS) is 15.0. The molecule has 2 aliphatic rings. The fourth-order valence-corrected chi connectivity index (χ4v) is 4.90. The Kier molecular flexibility index (Phi) is 6.84. The third kappa shape index (κ3) is 5.33. The zero-order valence-corrected chi connectivity index (χ0v) is 22.9. The Labute approximate surface area is 244 Å². The maximum Gasteiger partial charge on any atom is 0.269 e. The van der Waals surface area contributed by atoms with Crippen LogP contribution in [-0.4, -0.2) is 29.7 Å². The second kappa shape index (κ2) is 11.4. The van der Waals surface area contributed by atoms with Crippen LogP contribution in [0, 0.1) is 0 Å². The molecule has 0 saturated heterocycles. The molecule has 2 heterocycles. The molecule has 5 aromatic carbocycles. The first-order valence-electron chi connectivity index (χ1n) is 13.9. The summed E-state index contributed by atoms with van der Waals surface area (Å²) in [4.78, 5) is 0. The van der Waals surface area contributed by atoms with Gasteiger partial charge < -0.3 is 0 Å².